The molecule has 6 heteroatoms. The lowest BCUT2D eigenvalue weighted by atomic mass is 10.0. The summed E-state index contributed by atoms with van der Waals surface area (Å²) in [6.45, 7) is -0.300. The van der Waals surface area contributed by atoms with Crippen LogP contribution in [0.15, 0.2) is 18.2 Å². The molecule has 0 aliphatic carbocycles. The summed E-state index contributed by atoms with van der Waals surface area (Å²) < 4.78 is 0. The first-order valence-electron chi connectivity index (χ1n) is 4.52. The second-order valence-electron chi connectivity index (χ2n) is 3.30. The maximum atomic E-state index is 10.7. The molecule has 0 spiro atoms. The molecule has 16 heavy (non-hydrogen) atoms. The van der Waals surface area contributed by atoms with Crippen LogP contribution in [0.1, 0.15) is 17.2 Å². The summed E-state index contributed by atoms with van der Waals surface area (Å²) >= 11 is 5.75. The van der Waals surface area contributed by atoms with Gasteiger partial charge in [-0.25, -0.2) is 0 Å². The number of halogens is 1. The van der Waals surface area contributed by atoms with Gasteiger partial charge in [-0.15, -0.1) is 0 Å². The third-order valence-electron chi connectivity index (χ3n) is 2.17. The minimum atomic E-state index is -1.69. The first kappa shape index (κ1) is 12.9. The van der Waals surface area contributed by atoms with Gasteiger partial charge in [0, 0.05) is 5.02 Å². The van der Waals surface area contributed by atoms with Crippen LogP contribution in [0, 0.1) is 0 Å². The number of amides is 1. The van der Waals surface area contributed by atoms with Gasteiger partial charge in [-0.3, -0.25) is 4.79 Å². The van der Waals surface area contributed by atoms with Crippen LogP contribution in [0.3, 0.4) is 0 Å². The van der Waals surface area contributed by atoms with Crippen molar-refractivity contribution >= 4 is 17.5 Å². The molecule has 5 nitrogen and oxygen atoms in total. The van der Waals surface area contributed by atoms with Crippen LogP contribution >= 0.6 is 11.6 Å². The molecular weight excluding hydrogens is 234 g/mol. The average Bonchev–Trinajstić information content (AvgIpc) is 2.27. The SMILES string of the molecule is NC(=O)C(O)C(O)c1ccc(Cl)c(CO)c1. The summed E-state index contributed by atoms with van der Waals surface area (Å²) in [6.07, 6.45) is -3.12. The molecule has 0 radical (unpaired) electrons. The Morgan fingerprint density at radius 1 is 1.44 bits per heavy atom. The molecule has 0 fully saturated rings. The molecule has 1 aromatic rings. The summed E-state index contributed by atoms with van der Waals surface area (Å²) in [5.74, 6) is -1.02. The smallest absolute Gasteiger partial charge is 0.249 e. The van der Waals surface area contributed by atoms with Crippen molar-refractivity contribution in [3.05, 3.63) is 34.3 Å². The summed E-state index contributed by atoms with van der Waals surface area (Å²) in [6, 6.07) is 4.30. The second kappa shape index (κ2) is 5.27. The Hall–Kier alpha value is -1.14. The highest BCUT2D eigenvalue weighted by Gasteiger charge is 2.23. The van der Waals surface area contributed by atoms with Gasteiger partial charge in [-0.1, -0.05) is 17.7 Å². The number of benzene rings is 1. The highest BCUT2D eigenvalue weighted by atomic mass is 35.5. The van der Waals surface area contributed by atoms with Crippen molar-refractivity contribution in [2.75, 3.05) is 0 Å². The van der Waals surface area contributed by atoms with E-state index in [2.05, 4.69) is 0 Å². The van der Waals surface area contributed by atoms with Gasteiger partial charge in [0.05, 0.1) is 6.61 Å². The molecule has 0 bridgehead atoms. The Labute approximate surface area is 97.1 Å². The number of rotatable bonds is 4. The van der Waals surface area contributed by atoms with E-state index < -0.39 is 18.1 Å². The number of hydrogen-bond donors (Lipinski definition) is 4. The maximum absolute atomic E-state index is 10.7. The zero-order valence-corrected chi connectivity index (χ0v) is 9.05. The summed E-state index contributed by atoms with van der Waals surface area (Å²) in [5, 5.41) is 28.1. The molecule has 88 valence electrons. The van der Waals surface area contributed by atoms with E-state index in [-0.39, 0.29) is 12.2 Å². The summed E-state index contributed by atoms with van der Waals surface area (Å²) in [7, 11) is 0. The Kier molecular flexibility index (Phi) is 4.26. The molecule has 2 unspecified atom stereocenters. The third-order valence-corrected chi connectivity index (χ3v) is 2.54. The standard InChI is InChI=1S/C10H12ClNO4/c11-7-2-1-5(3-6(7)4-13)8(14)9(15)10(12)16/h1-3,8-9,13-15H,4H2,(H2,12,16). The van der Waals surface area contributed by atoms with E-state index in [0.29, 0.717) is 10.6 Å². The van der Waals surface area contributed by atoms with Crippen LogP contribution in [0.25, 0.3) is 0 Å². The van der Waals surface area contributed by atoms with Crippen molar-refractivity contribution in [2.45, 2.75) is 18.8 Å². The fourth-order valence-corrected chi connectivity index (χ4v) is 1.42. The fraction of sp³-hybridized carbons (Fsp3) is 0.300. The van der Waals surface area contributed by atoms with Gasteiger partial charge < -0.3 is 21.1 Å². The number of hydrogen-bond acceptors (Lipinski definition) is 4. The van der Waals surface area contributed by atoms with Gasteiger partial charge in [0.2, 0.25) is 5.91 Å². The second-order valence-corrected chi connectivity index (χ2v) is 3.71. The maximum Gasteiger partial charge on any atom is 0.249 e. The summed E-state index contributed by atoms with van der Waals surface area (Å²) in [4.78, 5) is 10.7. The molecule has 1 aromatic carbocycles. The van der Waals surface area contributed by atoms with Gasteiger partial charge in [-0.05, 0) is 23.3 Å². The minimum absolute atomic E-state index is 0.264. The average molecular weight is 246 g/mol. The van der Waals surface area contributed by atoms with Crippen LogP contribution in [0.2, 0.25) is 5.02 Å². The molecule has 0 aliphatic heterocycles. The molecule has 5 N–H and O–H groups in total. The van der Waals surface area contributed by atoms with Crippen molar-refractivity contribution in [1.29, 1.82) is 0 Å². The van der Waals surface area contributed by atoms with E-state index in [0.717, 1.165) is 0 Å². The zero-order chi connectivity index (χ0) is 12.3. The number of aliphatic hydroxyl groups is 3. The first-order valence-corrected chi connectivity index (χ1v) is 4.89. The Morgan fingerprint density at radius 2 is 2.06 bits per heavy atom. The topological polar surface area (TPSA) is 104 Å². The van der Waals surface area contributed by atoms with E-state index in [1.165, 1.54) is 18.2 Å². The van der Waals surface area contributed by atoms with Crippen LogP contribution < -0.4 is 5.73 Å². The van der Waals surface area contributed by atoms with Crippen molar-refractivity contribution < 1.29 is 20.1 Å². The van der Waals surface area contributed by atoms with Crippen molar-refractivity contribution in [3.63, 3.8) is 0 Å². The molecular formula is C10H12ClNO4. The van der Waals surface area contributed by atoms with Gasteiger partial charge in [0.15, 0.2) is 6.10 Å². The quantitative estimate of drug-likeness (QED) is 0.585. The van der Waals surface area contributed by atoms with Gasteiger partial charge >= 0.3 is 0 Å². The van der Waals surface area contributed by atoms with E-state index in [1.807, 2.05) is 0 Å². The lowest BCUT2D eigenvalue weighted by Crippen LogP contribution is -2.33. The highest BCUT2D eigenvalue weighted by molar-refractivity contribution is 6.31. The van der Waals surface area contributed by atoms with Crippen LogP contribution in [0.5, 0.6) is 0 Å². The fourth-order valence-electron chi connectivity index (χ4n) is 1.24. The monoisotopic (exact) mass is 245 g/mol. The number of carbonyl (C=O) groups excluding carboxylic acids is 1. The normalized spacial score (nSPS) is 14.5. The number of carbonyl (C=O) groups is 1. The predicted octanol–water partition coefficient (Wildman–Crippen LogP) is -0.288. The Bertz CT molecular complexity index is 396. The van der Waals surface area contributed by atoms with Gasteiger partial charge in [-0.2, -0.15) is 0 Å². The molecule has 2 atom stereocenters. The predicted molar refractivity (Wildman–Crippen MR) is 57.5 cm³/mol. The lowest BCUT2D eigenvalue weighted by molar-refractivity contribution is -0.131. The van der Waals surface area contributed by atoms with E-state index >= 15 is 0 Å². The van der Waals surface area contributed by atoms with Crippen molar-refractivity contribution in [1.82, 2.24) is 0 Å². The van der Waals surface area contributed by atoms with Gasteiger partial charge in [0.1, 0.15) is 6.10 Å². The lowest BCUT2D eigenvalue weighted by Gasteiger charge is -2.16. The molecule has 0 aliphatic rings. The Morgan fingerprint density at radius 3 is 2.56 bits per heavy atom. The van der Waals surface area contributed by atoms with Crippen LogP contribution in [-0.2, 0) is 11.4 Å². The van der Waals surface area contributed by atoms with Crippen LogP contribution in [-0.4, -0.2) is 27.3 Å². The minimum Gasteiger partial charge on any atom is -0.392 e. The molecule has 0 saturated heterocycles. The number of primary amides is 1. The molecule has 1 amide bonds. The van der Waals surface area contributed by atoms with Crippen molar-refractivity contribution in [2.24, 2.45) is 5.73 Å². The third kappa shape index (κ3) is 2.70. The van der Waals surface area contributed by atoms with E-state index in [1.54, 1.807) is 0 Å². The zero-order valence-electron chi connectivity index (χ0n) is 8.30. The van der Waals surface area contributed by atoms with Crippen molar-refractivity contribution in [3.8, 4) is 0 Å². The Balaban J connectivity index is 3.00. The largest absolute Gasteiger partial charge is 0.392 e. The van der Waals surface area contributed by atoms with E-state index in [4.69, 9.17) is 22.4 Å². The molecule has 0 aromatic heterocycles. The van der Waals surface area contributed by atoms with Crippen LogP contribution in [0.4, 0.5) is 0 Å². The van der Waals surface area contributed by atoms with Gasteiger partial charge in [0.25, 0.3) is 0 Å². The molecule has 0 heterocycles. The highest BCUT2D eigenvalue weighted by Crippen LogP contribution is 2.23. The molecule has 0 saturated carbocycles. The number of aliphatic hydroxyl groups excluding tert-OH is 3. The first-order chi connectivity index (χ1) is 7.47. The molecule has 1 rings (SSSR count). The summed E-state index contributed by atoms with van der Waals surface area (Å²) in [5.41, 5.74) is 5.51. The number of nitrogens with two attached hydrogens (primary N) is 1. The van der Waals surface area contributed by atoms with E-state index in [9.17, 15) is 15.0 Å².